The summed E-state index contributed by atoms with van der Waals surface area (Å²) < 4.78 is 20.7. The van der Waals surface area contributed by atoms with E-state index in [4.69, 9.17) is 23.2 Å². The predicted octanol–water partition coefficient (Wildman–Crippen LogP) is 4.77. The molecular weight excluding hydrogens is 369 g/mol. The summed E-state index contributed by atoms with van der Waals surface area (Å²) in [6.07, 6.45) is 0.311. The molecule has 4 nitrogen and oxygen atoms in total. The van der Waals surface area contributed by atoms with Crippen LogP contribution in [0.15, 0.2) is 42.5 Å². The third kappa shape index (κ3) is 4.57. The minimum Gasteiger partial charge on any atom is -0.351 e. The molecule has 2 aromatic rings. The molecule has 0 aliphatic heterocycles. The van der Waals surface area contributed by atoms with E-state index in [1.54, 1.807) is 24.0 Å². The summed E-state index contributed by atoms with van der Waals surface area (Å²) in [6, 6.07) is 12.6. The van der Waals surface area contributed by atoms with E-state index in [9.17, 15) is 13.6 Å². The lowest BCUT2D eigenvalue weighted by atomic mass is 10.1. The average molecular weight is 386 g/mol. The maximum Gasteiger partial charge on any atom is 0.173 e. The minimum absolute atomic E-state index is 0.109. The van der Waals surface area contributed by atoms with Crippen LogP contribution < -0.4 is 4.90 Å². The smallest absolute Gasteiger partial charge is 0.173 e. The lowest BCUT2D eigenvalue weighted by Crippen LogP contribution is -2.27. The van der Waals surface area contributed by atoms with Gasteiger partial charge in [0.25, 0.3) is 0 Å². The number of halogens is 2. The maximum absolute atomic E-state index is 12.0. The van der Waals surface area contributed by atoms with Crippen molar-refractivity contribution in [2.24, 2.45) is 0 Å². The average Bonchev–Trinajstić information content (AvgIpc) is 2.54. The number of Topliss-reactive ketones (excluding diaryl/α,β-unsaturated/α-hetero) is 1. The molecule has 0 aromatic heterocycles. The summed E-state index contributed by atoms with van der Waals surface area (Å²) in [5, 5.41) is 0.532. The van der Waals surface area contributed by atoms with Crippen molar-refractivity contribution in [3.63, 3.8) is 0 Å². The second kappa shape index (κ2) is 8.62. The normalized spacial score (nSPS) is 12.0. The van der Waals surface area contributed by atoms with Gasteiger partial charge in [0.1, 0.15) is 5.88 Å². The van der Waals surface area contributed by atoms with E-state index in [1.165, 1.54) is 0 Å². The summed E-state index contributed by atoms with van der Waals surface area (Å²) in [6.45, 7) is 2.09. The Morgan fingerprint density at radius 1 is 1.17 bits per heavy atom. The van der Waals surface area contributed by atoms with Crippen molar-refractivity contribution in [3.05, 3.63) is 63.6 Å². The van der Waals surface area contributed by atoms with Crippen molar-refractivity contribution in [1.82, 2.24) is 0 Å². The first-order valence-electron chi connectivity index (χ1n) is 7.31. The van der Waals surface area contributed by atoms with E-state index in [0.29, 0.717) is 29.2 Å². The van der Waals surface area contributed by atoms with Crippen LogP contribution in [0, 0.1) is 0 Å². The molecule has 2 aromatic carbocycles. The Labute approximate surface area is 153 Å². The number of carbonyl (C=O) groups excluding carboxylic acids is 1. The van der Waals surface area contributed by atoms with E-state index < -0.39 is 11.1 Å². The van der Waals surface area contributed by atoms with Crippen molar-refractivity contribution >= 4 is 45.8 Å². The van der Waals surface area contributed by atoms with Crippen LogP contribution in [0.4, 0.5) is 5.69 Å². The first kappa shape index (κ1) is 18.9. The number of hydrogen-bond acceptors (Lipinski definition) is 3. The Hall–Kier alpha value is -1.40. The Morgan fingerprint density at radius 2 is 1.83 bits per heavy atom. The van der Waals surface area contributed by atoms with Crippen molar-refractivity contribution in [2.75, 3.05) is 10.8 Å². The number of hydrogen-bond donors (Lipinski definition) is 1. The topological polar surface area (TPSA) is 57.6 Å². The molecule has 0 bridgehead atoms. The highest BCUT2D eigenvalue weighted by Crippen LogP contribution is 2.37. The molecule has 0 aliphatic carbocycles. The molecule has 0 fully saturated rings. The lowest BCUT2D eigenvalue weighted by Gasteiger charge is -2.26. The van der Waals surface area contributed by atoms with Gasteiger partial charge in [0.05, 0.1) is 15.7 Å². The van der Waals surface area contributed by atoms with Gasteiger partial charge >= 0.3 is 0 Å². The zero-order valence-corrected chi connectivity index (χ0v) is 15.4. The van der Waals surface area contributed by atoms with Crippen LogP contribution in [0.5, 0.6) is 0 Å². The van der Waals surface area contributed by atoms with Gasteiger partial charge in [-0.25, -0.2) is 4.21 Å². The van der Waals surface area contributed by atoms with E-state index in [2.05, 4.69) is 0 Å². The molecule has 1 unspecified atom stereocenters. The molecule has 2 rings (SSSR count). The highest BCUT2D eigenvalue weighted by atomic mass is 35.5. The molecule has 1 N–H and O–H groups in total. The summed E-state index contributed by atoms with van der Waals surface area (Å²) >= 11 is 10.6. The molecule has 0 saturated carbocycles. The van der Waals surface area contributed by atoms with Gasteiger partial charge in [-0.2, -0.15) is 0 Å². The first-order valence-corrected chi connectivity index (χ1v) is 9.34. The van der Waals surface area contributed by atoms with Gasteiger partial charge in [0, 0.05) is 18.5 Å². The standard InChI is InChI=1S/C17H17Cl2NO3S/c1-2-15(21)13-8-9-14(18)17(16(13)19)20(11-24(22)23)10-12-6-4-3-5-7-12/h3-9H,2,10-11H2,1H3,(H,22,23). The van der Waals surface area contributed by atoms with Gasteiger partial charge in [0.15, 0.2) is 16.9 Å². The molecule has 0 heterocycles. The van der Waals surface area contributed by atoms with E-state index in [-0.39, 0.29) is 16.7 Å². The fraction of sp³-hybridized carbons (Fsp3) is 0.235. The molecule has 24 heavy (non-hydrogen) atoms. The number of nitrogens with zero attached hydrogens (tertiary/aromatic N) is 1. The first-order chi connectivity index (χ1) is 11.4. The van der Waals surface area contributed by atoms with E-state index >= 15 is 0 Å². The molecule has 128 valence electrons. The van der Waals surface area contributed by atoms with Gasteiger partial charge < -0.3 is 9.45 Å². The Morgan fingerprint density at radius 3 is 2.42 bits per heavy atom. The van der Waals surface area contributed by atoms with Crippen molar-refractivity contribution in [2.45, 2.75) is 19.9 Å². The largest absolute Gasteiger partial charge is 0.351 e. The van der Waals surface area contributed by atoms with E-state index in [0.717, 1.165) is 5.56 Å². The third-order valence-electron chi connectivity index (χ3n) is 3.49. The van der Waals surface area contributed by atoms with Crippen molar-refractivity contribution < 1.29 is 13.6 Å². The number of rotatable bonds is 7. The van der Waals surface area contributed by atoms with Crippen LogP contribution in [0.2, 0.25) is 10.0 Å². The Kier molecular flexibility index (Phi) is 6.80. The van der Waals surface area contributed by atoms with Crippen LogP contribution in [0.3, 0.4) is 0 Å². The summed E-state index contributed by atoms with van der Waals surface area (Å²) in [5.74, 6) is -0.277. The van der Waals surface area contributed by atoms with Crippen molar-refractivity contribution in [3.8, 4) is 0 Å². The third-order valence-corrected chi connectivity index (χ3v) is 4.71. The lowest BCUT2D eigenvalue weighted by molar-refractivity contribution is 0.0988. The van der Waals surface area contributed by atoms with Gasteiger partial charge in [-0.05, 0) is 17.7 Å². The number of benzene rings is 2. The number of ketones is 1. The van der Waals surface area contributed by atoms with Gasteiger partial charge in [-0.15, -0.1) is 0 Å². The molecule has 0 amide bonds. The Bertz CT molecular complexity index is 753. The molecular formula is C17H17Cl2NO3S. The van der Waals surface area contributed by atoms with Crippen LogP contribution in [-0.2, 0) is 17.6 Å². The Balaban J connectivity index is 2.49. The van der Waals surface area contributed by atoms with Crippen LogP contribution >= 0.6 is 23.2 Å². The summed E-state index contributed by atoms with van der Waals surface area (Å²) in [4.78, 5) is 13.7. The molecule has 0 saturated heterocycles. The highest BCUT2D eigenvalue weighted by molar-refractivity contribution is 7.79. The van der Waals surface area contributed by atoms with Gasteiger partial charge in [-0.1, -0.05) is 60.5 Å². The predicted molar refractivity (Wildman–Crippen MR) is 99.3 cm³/mol. The van der Waals surface area contributed by atoms with Gasteiger partial charge in [0.2, 0.25) is 0 Å². The zero-order chi connectivity index (χ0) is 17.7. The monoisotopic (exact) mass is 385 g/mol. The maximum atomic E-state index is 12.0. The number of carbonyl (C=O) groups is 1. The quantitative estimate of drug-likeness (QED) is 0.550. The summed E-state index contributed by atoms with van der Waals surface area (Å²) in [5.41, 5.74) is 1.69. The van der Waals surface area contributed by atoms with Crippen molar-refractivity contribution in [1.29, 1.82) is 0 Å². The zero-order valence-electron chi connectivity index (χ0n) is 13.0. The molecule has 0 spiro atoms. The van der Waals surface area contributed by atoms with Gasteiger partial charge in [-0.3, -0.25) is 4.79 Å². The molecule has 7 heteroatoms. The van der Waals surface area contributed by atoms with Crippen LogP contribution in [-0.4, -0.2) is 20.4 Å². The summed E-state index contributed by atoms with van der Waals surface area (Å²) in [7, 11) is 0. The SMILES string of the molecule is CCC(=O)c1ccc(Cl)c(N(Cc2ccccc2)CS(=O)O)c1Cl. The highest BCUT2D eigenvalue weighted by Gasteiger charge is 2.21. The fourth-order valence-corrected chi connectivity index (χ4v) is 3.57. The van der Waals surface area contributed by atoms with Crippen LogP contribution in [0.1, 0.15) is 29.3 Å². The van der Waals surface area contributed by atoms with E-state index in [1.807, 2.05) is 30.3 Å². The number of anilines is 1. The molecule has 1 atom stereocenters. The second-order valence-electron chi connectivity index (χ2n) is 5.17. The molecule has 0 aliphatic rings. The van der Waals surface area contributed by atoms with Crippen LogP contribution in [0.25, 0.3) is 0 Å². The minimum atomic E-state index is -2.08. The molecule has 0 radical (unpaired) electrons. The fourth-order valence-electron chi connectivity index (χ4n) is 2.36. The second-order valence-corrected chi connectivity index (χ2v) is 6.85.